The van der Waals surface area contributed by atoms with Gasteiger partial charge in [-0.05, 0) is 31.2 Å². The van der Waals surface area contributed by atoms with Crippen LogP contribution >= 0.6 is 0 Å². The Kier molecular flexibility index (Phi) is 3.50. The molecule has 2 N–H and O–H groups in total. The summed E-state index contributed by atoms with van der Waals surface area (Å²) in [7, 11) is 0. The third-order valence-electron chi connectivity index (χ3n) is 3.30. The molecule has 3 aromatic rings. The second-order valence-electron chi connectivity index (χ2n) is 4.90. The van der Waals surface area contributed by atoms with Crippen LogP contribution in [0.25, 0.3) is 21.8 Å². The second kappa shape index (κ2) is 5.48. The predicted octanol–water partition coefficient (Wildman–Crippen LogP) is 2.85. The average Bonchev–Trinajstić information content (AvgIpc) is 2.84. The first kappa shape index (κ1) is 14.1. The van der Waals surface area contributed by atoms with Gasteiger partial charge >= 0.3 is 5.97 Å². The van der Waals surface area contributed by atoms with Gasteiger partial charge in [-0.25, -0.2) is 9.78 Å². The van der Waals surface area contributed by atoms with Crippen molar-refractivity contribution in [2.75, 3.05) is 11.9 Å². The molecule has 0 radical (unpaired) electrons. The molecule has 0 atom stereocenters. The molecule has 0 aliphatic carbocycles. The van der Waals surface area contributed by atoms with E-state index in [1.807, 2.05) is 6.07 Å². The molecule has 1 amide bonds. The van der Waals surface area contributed by atoms with Crippen molar-refractivity contribution < 1.29 is 14.3 Å². The van der Waals surface area contributed by atoms with Crippen molar-refractivity contribution in [3.63, 3.8) is 0 Å². The molecule has 2 heterocycles. The van der Waals surface area contributed by atoms with E-state index in [-0.39, 0.29) is 11.9 Å². The molecule has 112 valence electrons. The number of aromatic amines is 1. The molecule has 0 unspecified atom stereocenters. The minimum Gasteiger partial charge on any atom is -0.462 e. The van der Waals surface area contributed by atoms with Crippen LogP contribution in [-0.2, 0) is 9.53 Å². The van der Waals surface area contributed by atoms with E-state index in [1.165, 1.54) is 6.92 Å². The lowest BCUT2D eigenvalue weighted by Gasteiger charge is -2.02. The zero-order chi connectivity index (χ0) is 15.7. The Morgan fingerprint density at radius 3 is 2.73 bits per heavy atom. The van der Waals surface area contributed by atoms with Gasteiger partial charge in [0, 0.05) is 23.2 Å². The third-order valence-corrected chi connectivity index (χ3v) is 3.30. The lowest BCUT2D eigenvalue weighted by atomic mass is 10.1. The van der Waals surface area contributed by atoms with E-state index in [9.17, 15) is 9.59 Å². The highest BCUT2D eigenvalue weighted by Crippen LogP contribution is 2.27. The highest BCUT2D eigenvalue weighted by atomic mass is 16.5. The minimum atomic E-state index is -0.352. The van der Waals surface area contributed by atoms with E-state index in [2.05, 4.69) is 15.3 Å². The fraction of sp³-hybridized carbons (Fsp3) is 0.188. The van der Waals surface area contributed by atoms with Gasteiger partial charge in [0.25, 0.3) is 0 Å². The molecular weight excluding hydrogens is 282 g/mol. The van der Waals surface area contributed by atoms with Crippen LogP contribution in [0.5, 0.6) is 0 Å². The van der Waals surface area contributed by atoms with E-state index in [1.54, 1.807) is 31.3 Å². The number of amides is 1. The van der Waals surface area contributed by atoms with Crippen molar-refractivity contribution >= 4 is 39.5 Å². The molecule has 3 rings (SSSR count). The van der Waals surface area contributed by atoms with Crippen LogP contribution in [0.4, 0.5) is 5.82 Å². The number of hydrogen-bond acceptors (Lipinski definition) is 4. The van der Waals surface area contributed by atoms with Gasteiger partial charge in [-0.2, -0.15) is 0 Å². The van der Waals surface area contributed by atoms with Crippen LogP contribution in [0, 0.1) is 0 Å². The van der Waals surface area contributed by atoms with Crippen LogP contribution in [0.15, 0.2) is 30.5 Å². The van der Waals surface area contributed by atoms with Crippen LogP contribution in [0.1, 0.15) is 24.2 Å². The standard InChI is InChI=1S/C16H15N3O3/c1-3-22-16(21)10-4-5-13-11(6-10)12-7-15(18-9(2)20)17-8-14(12)19-13/h4-8,19H,3H2,1-2H3,(H,17,18,20). The maximum absolute atomic E-state index is 11.9. The van der Waals surface area contributed by atoms with Gasteiger partial charge in [0.1, 0.15) is 5.82 Å². The van der Waals surface area contributed by atoms with Crippen molar-refractivity contribution in [3.8, 4) is 0 Å². The first-order valence-corrected chi connectivity index (χ1v) is 6.94. The summed E-state index contributed by atoms with van der Waals surface area (Å²) in [6, 6.07) is 7.12. The minimum absolute atomic E-state index is 0.182. The molecule has 0 saturated carbocycles. The Morgan fingerprint density at radius 1 is 1.23 bits per heavy atom. The van der Waals surface area contributed by atoms with Crippen molar-refractivity contribution in [1.29, 1.82) is 0 Å². The Bertz CT molecular complexity index is 883. The largest absolute Gasteiger partial charge is 0.462 e. The number of H-pyrrole nitrogens is 1. The third kappa shape index (κ3) is 2.50. The Labute approximate surface area is 126 Å². The molecule has 0 spiro atoms. The molecule has 0 saturated heterocycles. The van der Waals surface area contributed by atoms with Crippen LogP contribution in [-0.4, -0.2) is 28.5 Å². The molecule has 2 aromatic heterocycles. The van der Waals surface area contributed by atoms with Gasteiger partial charge in [-0.15, -0.1) is 0 Å². The van der Waals surface area contributed by atoms with E-state index in [0.29, 0.717) is 18.0 Å². The maximum Gasteiger partial charge on any atom is 0.338 e. The van der Waals surface area contributed by atoms with Gasteiger partial charge in [-0.3, -0.25) is 4.79 Å². The summed E-state index contributed by atoms with van der Waals surface area (Å²) >= 11 is 0. The fourth-order valence-electron chi connectivity index (χ4n) is 2.39. The van der Waals surface area contributed by atoms with Crippen molar-refractivity contribution in [2.45, 2.75) is 13.8 Å². The zero-order valence-corrected chi connectivity index (χ0v) is 12.3. The number of carbonyl (C=O) groups excluding carboxylic acids is 2. The zero-order valence-electron chi connectivity index (χ0n) is 12.3. The number of hydrogen-bond donors (Lipinski definition) is 2. The summed E-state index contributed by atoms with van der Waals surface area (Å²) in [5.41, 5.74) is 2.23. The Balaban J connectivity index is 2.14. The van der Waals surface area contributed by atoms with Gasteiger partial charge < -0.3 is 15.0 Å². The maximum atomic E-state index is 11.9. The topological polar surface area (TPSA) is 84.1 Å². The quantitative estimate of drug-likeness (QED) is 0.728. The highest BCUT2D eigenvalue weighted by Gasteiger charge is 2.11. The first-order chi connectivity index (χ1) is 10.6. The molecule has 0 fully saturated rings. The number of carbonyl (C=O) groups is 2. The summed E-state index contributed by atoms with van der Waals surface area (Å²) in [4.78, 5) is 30.4. The number of fused-ring (bicyclic) bond motifs is 3. The first-order valence-electron chi connectivity index (χ1n) is 6.94. The van der Waals surface area contributed by atoms with Crippen molar-refractivity contribution in [2.24, 2.45) is 0 Å². The predicted molar refractivity (Wildman–Crippen MR) is 83.9 cm³/mol. The van der Waals surface area contributed by atoms with Gasteiger partial charge in [0.2, 0.25) is 5.91 Å². The number of ether oxygens (including phenoxy) is 1. The van der Waals surface area contributed by atoms with E-state index in [4.69, 9.17) is 4.74 Å². The van der Waals surface area contributed by atoms with Gasteiger partial charge in [0.15, 0.2) is 0 Å². The summed E-state index contributed by atoms with van der Waals surface area (Å²) in [5.74, 6) is -0.0590. The van der Waals surface area contributed by atoms with Crippen LogP contribution in [0.3, 0.4) is 0 Å². The summed E-state index contributed by atoms with van der Waals surface area (Å²) in [5, 5.41) is 4.43. The van der Waals surface area contributed by atoms with Gasteiger partial charge in [0.05, 0.1) is 23.9 Å². The molecule has 1 aromatic carbocycles. The summed E-state index contributed by atoms with van der Waals surface area (Å²) < 4.78 is 5.02. The SMILES string of the molecule is CCOC(=O)c1ccc2[nH]c3cnc(NC(C)=O)cc3c2c1. The molecular formula is C16H15N3O3. The molecule has 22 heavy (non-hydrogen) atoms. The lowest BCUT2D eigenvalue weighted by molar-refractivity contribution is -0.114. The smallest absolute Gasteiger partial charge is 0.338 e. The number of pyridine rings is 1. The molecule has 6 nitrogen and oxygen atoms in total. The Hall–Kier alpha value is -2.89. The normalized spacial score (nSPS) is 10.8. The number of nitrogens with one attached hydrogen (secondary N) is 2. The highest BCUT2D eigenvalue weighted by molar-refractivity contribution is 6.10. The number of rotatable bonds is 3. The summed E-state index contributed by atoms with van der Waals surface area (Å²) in [6.07, 6.45) is 1.66. The van der Waals surface area contributed by atoms with Crippen molar-refractivity contribution in [3.05, 3.63) is 36.0 Å². The Morgan fingerprint density at radius 2 is 2.00 bits per heavy atom. The number of esters is 1. The number of anilines is 1. The van der Waals surface area contributed by atoms with E-state index in [0.717, 1.165) is 21.8 Å². The molecule has 6 heteroatoms. The van der Waals surface area contributed by atoms with Crippen LogP contribution < -0.4 is 5.32 Å². The molecule has 0 bridgehead atoms. The average molecular weight is 297 g/mol. The van der Waals surface area contributed by atoms with Crippen LogP contribution in [0.2, 0.25) is 0 Å². The lowest BCUT2D eigenvalue weighted by Crippen LogP contribution is -2.06. The molecule has 0 aliphatic rings. The fourth-order valence-corrected chi connectivity index (χ4v) is 2.39. The van der Waals surface area contributed by atoms with Gasteiger partial charge in [-0.1, -0.05) is 0 Å². The van der Waals surface area contributed by atoms with Crippen molar-refractivity contribution in [1.82, 2.24) is 9.97 Å². The van der Waals surface area contributed by atoms with E-state index < -0.39 is 0 Å². The summed E-state index contributed by atoms with van der Waals surface area (Å²) in [6.45, 7) is 3.54. The number of aromatic nitrogens is 2. The monoisotopic (exact) mass is 297 g/mol. The number of nitrogens with zero attached hydrogens (tertiary/aromatic N) is 1. The number of benzene rings is 1. The van der Waals surface area contributed by atoms with E-state index >= 15 is 0 Å². The molecule has 0 aliphatic heterocycles. The second-order valence-corrected chi connectivity index (χ2v) is 4.90.